The molecule has 0 aliphatic rings. The summed E-state index contributed by atoms with van der Waals surface area (Å²) >= 11 is 2.82. The highest BCUT2D eigenvalue weighted by atomic mass is 79.9. The van der Waals surface area contributed by atoms with Gasteiger partial charge >= 0.3 is 11.9 Å². The van der Waals surface area contributed by atoms with Gasteiger partial charge in [0.25, 0.3) is 0 Å². The zero-order valence-electron chi connectivity index (χ0n) is 8.53. The summed E-state index contributed by atoms with van der Waals surface area (Å²) in [6.45, 7) is 0. The molecule has 4 nitrogen and oxygen atoms in total. The largest absolute Gasteiger partial charge is 0.457 e. The highest BCUT2D eigenvalue weighted by Crippen LogP contribution is 2.36. The first-order valence-corrected chi connectivity index (χ1v) is 5.37. The number of hydrogen-bond acceptors (Lipinski definition) is 4. The van der Waals surface area contributed by atoms with Crippen LogP contribution in [0.25, 0.3) is 11.3 Å². The monoisotopic (exact) mass is 320 g/mol. The first-order valence-electron chi connectivity index (χ1n) is 4.57. The first-order chi connectivity index (χ1) is 8.38. The summed E-state index contributed by atoms with van der Waals surface area (Å²) in [6.07, 6.45) is -3.53. The third-order valence-electron chi connectivity index (χ3n) is 2.08. The lowest BCUT2D eigenvalue weighted by Crippen LogP contribution is -2.08. The number of nitrogens with zero attached hydrogens (tertiary/aromatic N) is 2. The molecule has 0 fully saturated rings. The molecule has 0 saturated heterocycles. The number of hydrogen-bond donors (Lipinski definition) is 0. The SMILES string of the molecule is O=c1nnc(-c2ccc(Br)c(C(F)(F)F)c2)co1. The Morgan fingerprint density at radius 1 is 1.22 bits per heavy atom. The predicted molar refractivity (Wildman–Crippen MR) is 58.7 cm³/mol. The Morgan fingerprint density at radius 2 is 1.94 bits per heavy atom. The number of benzene rings is 1. The van der Waals surface area contributed by atoms with E-state index in [4.69, 9.17) is 0 Å². The van der Waals surface area contributed by atoms with E-state index < -0.39 is 17.5 Å². The molecule has 1 aromatic heterocycles. The molecule has 0 amide bonds. The van der Waals surface area contributed by atoms with Gasteiger partial charge in [0.05, 0.1) is 5.56 Å². The molecule has 18 heavy (non-hydrogen) atoms. The van der Waals surface area contributed by atoms with Crippen LogP contribution in [-0.2, 0) is 6.18 Å². The van der Waals surface area contributed by atoms with Gasteiger partial charge in [0.2, 0.25) is 0 Å². The van der Waals surface area contributed by atoms with E-state index in [1.54, 1.807) is 0 Å². The summed E-state index contributed by atoms with van der Waals surface area (Å²) in [5.74, 6) is -0.910. The van der Waals surface area contributed by atoms with Crippen molar-refractivity contribution < 1.29 is 17.6 Å². The zero-order valence-corrected chi connectivity index (χ0v) is 10.1. The van der Waals surface area contributed by atoms with Crippen molar-refractivity contribution in [3.63, 3.8) is 0 Å². The molecule has 94 valence electrons. The Labute approximate surface area is 107 Å². The standard InChI is InChI=1S/C10H4BrF3N2O2/c11-7-2-1-5(3-6(7)10(12,13)14)8-4-18-9(17)16-15-8/h1-4H. The van der Waals surface area contributed by atoms with Crippen molar-refractivity contribution in [2.45, 2.75) is 6.18 Å². The molecule has 0 bridgehead atoms. The van der Waals surface area contributed by atoms with Crippen molar-refractivity contribution in [3.8, 4) is 11.3 Å². The Morgan fingerprint density at radius 3 is 2.50 bits per heavy atom. The Kier molecular flexibility index (Phi) is 3.20. The molecule has 0 N–H and O–H groups in total. The molecule has 2 rings (SSSR count). The second-order valence-corrected chi connectivity index (χ2v) is 4.13. The smallest absolute Gasteiger partial charge is 0.413 e. The second kappa shape index (κ2) is 4.52. The summed E-state index contributed by atoms with van der Waals surface area (Å²) in [4.78, 5) is 10.6. The first kappa shape index (κ1) is 12.7. The molecule has 0 radical (unpaired) electrons. The van der Waals surface area contributed by atoms with Crippen LogP contribution >= 0.6 is 15.9 Å². The normalized spacial score (nSPS) is 11.6. The van der Waals surface area contributed by atoms with Gasteiger partial charge in [-0.25, -0.2) is 4.79 Å². The summed E-state index contributed by atoms with van der Waals surface area (Å²) in [6, 6.07) is 3.54. The summed E-state index contributed by atoms with van der Waals surface area (Å²) in [5, 5.41) is 6.57. The summed E-state index contributed by atoms with van der Waals surface area (Å²) in [7, 11) is 0. The molecule has 0 saturated carbocycles. The molecule has 0 aliphatic heterocycles. The molecule has 8 heteroatoms. The van der Waals surface area contributed by atoms with Crippen LogP contribution in [0.5, 0.6) is 0 Å². The van der Waals surface area contributed by atoms with Gasteiger partial charge in [0.1, 0.15) is 12.0 Å². The molecular formula is C10H4BrF3N2O2. The van der Waals surface area contributed by atoms with Crippen molar-refractivity contribution in [2.75, 3.05) is 0 Å². The van der Waals surface area contributed by atoms with Crippen molar-refractivity contribution in [2.24, 2.45) is 0 Å². The lowest BCUT2D eigenvalue weighted by Gasteiger charge is -2.10. The van der Waals surface area contributed by atoms with Crippen LogP contribution in [0.2, 0.25) is 0 Å². The van der Waals surface area contributed by atoms with Gasteiger partial charge in [-0.05, 0) is 12.1 Å². The maximum atomic E-state index is 12.7. The quantitative estimate of drug-likeness (QED) is 0.810. The van der Waals surface area contributed by atoms with Crippen LogP contribution in [-0.4, -0.2) is 10.2 Å². The van der Waals surface area contributed by atoms with Gasteiger partial charge in [-0.2, -0.15) is 13.2 Å². The molecule has 0 spiro atoms. The highest BCUT2D eigenvalue weighted by molar-refractivity contribution is 9.10. The molecule has 1 heterocycles. The van der Waals surface area contributed by atoms with Gasteiger partial charge in [0.15, 0.2) is 0 Å². The average molecular weight is 321 g/mol. The van der Waals surface area contributed by atoms with Gasteiger partial charge in [0, 0.05) is 10.0 Å². The van der Waals surface area contributed by atoms with Crippen molar-refractivity contribution in [1.82, 2.24) is 10.2 Å². The minimum Gasteiger partial charge on any atom is -0.413 e. The van der Waals surface area contributed by atoms with E-state index >= 15 is 0 Å². The van der Waals surface area contributed by atoms with Crippen LogP contribution in [0.4, 0.5) is 13.2 Å². The fourth-order valence-electron chi connectivity index (χ4n) is 1.28. The number of halogens is 4. The van der Waals surface area contributed by atoms with Crippen LogP contribution in [0.1, 0.15) is 5.56 Å². The fraction of sp³-hybridized carbons (Fsp3) is 0.100. The average Bonchev–Trinajstić information content (AvgIpc) is 2.29. The molecule has 0 unspecified atom stereocenters. The number of aromatic nitrogens is 2. The Balaban J connectivity index is 2.54. The van der Waals surface area contributed by atoms with Crippen LogP contribution < -0.4 is 5.76 Å². The molecule has 0 aliphatic carbocycles. The van der Waals surface area contributed by atoms with Gasteiger partial charge in [-0.1, -0.05) is 27.1 Å². The maximum absolute atomic E-state index is 12.7. The van der Waals surface area contributed by atoms with Crippen LogP contribution in [0, 0.1) is 0 Å². The van der Waals surface area contributed by atoms with Crippen LogP contribution in [0.3, 0.4) is 0 Å². The third-order valence-corrected chi connectivity index (χ3v) is 2.77. The number of rotatable bonds is 1. The predicted octanol–water partition coefficient (Wildman–Crippen LogP) is 2.88. The minimum absolute atomic E-state index is 0.0487. The Bertz CT molecular complexity index is 619. The zero-order chi connectivity index (χ0) is 13.3. The van der Waals surface area contributed by atoms with Crippen molar-refractivity contribution in [3.05, 3.63) is 45.0 Å². The summed E-state index contributed by atoms with van der Waals surface area (Å²) in [5.41, 5.74) is -0.637. The van der Waals surface area contributed by atoms with E-state index in [9.17, 15) is 18.0 Å². The van der Waals surface area contributed by atoms with E-state index in [0.717, 1.165) is 12.3 Å². The van der Waals surface area contributed by atoms with E-state index in [-0.39, 0.29) is 15.7 Å². The van der Waals surface area contributed by atoms with E-state index in [0.29, 0.717) is 0 Å². The van der Waals surface area contributed by atoms with E-state index in [1.165, 1.54) is 12.1 Å². The van der Waals surface area contributed by atoms with Gasteiger partial charge in [-0.15, -0.1) is 5.10 Å². The highest BCUT2D eigenvalue weighted by Gasteiger charge is 2.33. The lowest BCUT2D eigenvalue weighted by molar-refractivity contribution is -0.138. The molecule has 1 aromatic carbocycles. The van der Waals surface area contributed by atoms with E-state index in [1.807, 2.05) is 0 Å². The van der Waals surface area contributed by atoms with Crippen molar-refractivity contribution >= 4 is 15.9 Å². The van der Waals surface area contributed by atoms with Crippen molar-refractivity contribution in [1.29, 1.82) is 0 Å². The minimum atomic E-state index is -4.49. The number of alkyl halides is 3. The van der Waals surface area contributed by atoms with Gasteiger partial charge in [-0.3, -0.25) is 0 Å². The summed E-state index contributed by atoms with van der Waals surface area (Å²) < 4.78 is 42.4. The molecular weight excluding hydrogens is 317 g/mol. The third kappa shape index (κ3) is 2.58. The maximum Gasteiger partial charge on any atom is 0.457 e. The fourth-order valence-corrected chi connectivity index (χ4v) is 1.75. The van der Waals surface area contributed by atoms with Crippen LogP contribution in [0.15, 0.2) is 38.1 Å². The lowest BCUT2D eigenvalue weighted by atomic mass is 10.1. The molecule has 2 aromatic rings. The molecule has 0 atom stereocenters. The second-order valence-electron chi connectivity index (χ2n) is 3.28. The van der Waals surface area contributed by atoms with Gasteiger partial charge < -0.3 is 4.42 Å². The Hall–Kier alpha value is -1.70. The topological polar surface area (TPSA) is 56.0 Å². The van der Waals surface area contributed by atoms with E-state index in [2.05, 4.69) is 30.5 Å².